The first-order chi connectivity index (χ1) is 14.9. The largest absolute Gasteiger partial charge is 0.462 e. The molecule has 1 aliphatic rings. The Morgan fingerprint density at radius 2 is 1.97 bits per heavy atom. The number of nitrogens with one attached hydrogen (secondary N) is 1. The third kappa shape index (κ3) is 5.86. The van der Waals surface area contributed by atoms with Crippen molar-refractivity contribution in [2.45, 2.75) is 25.5 Å². The van der Waals surface area contributed by atoms with Gasteiger partial charge >= 0.3 is 5.97 Å². The molecule has 1 saturated heterocycles. The van der Waals surface area contributed by atoms with Gasteiger partial charge in [0.2, 0.25) is 11.8 Å². The van der Waals surface area contributed by atoms with E-state index in [1.807, 2.05) is 6.92 Å². The molecule has 1 heterocycles. The molecule has 1 N–H and O–H groups in total. The first-order valence-electron chi connectivity index (χ1n) is 9.80. The van der Waals surface area contributed by atoms with E-state index in [1.54, 1.807) is 60.4 Å². The van der Waals surface area contributed by atoms with Crippen LogP contribution in [0.4, 0.5) is 11.4 Å². The Morgan fingerprint density at radius 3 is 2.61 bits per heavy atom. The topological polar surface area (TPSA) is 88.1 Å². The summed E-state index contributed by atoms with van der Waals surface area (Å²) in [5, 5.41) is 3.13. The van der Waals surface area contributed by atoms with Crippen LogP contribution in [0.5, 0.6) is 0 Å². The van der Waals surface area contributed by atoms with E-state index in [2.05, 4.69) is 10.3 Å². The highest BCUT2D eigenvalue weighted by molar-refractivity contribution is 8.15. The Bertz CT molecular complexity index is 1010. The number of amides is 2. The summed E-state index contributed by atoms with van der Waals surface area (Å²) in [4.78, 5) is 43.3. The fourth-order valence-electron chi connectivity index (χ4n) is 2.94. The number of amidine groups is 1. The summed E-state index contributed by atoms with van der Waals surface area (Å²) in [6.07, 6.45) is 0.0751. The predicted molar refractivity (Wildman–Crippen MR) is 123 cm³/mol. The highest BCUT2D eigenvalue weighted by Gasteiger charge is 2.35. The van der Waals surface area contributed by atoms with Gasteiger partial charge in [-0.25, -0.2) is 9.79 Å². The molecule has 0 aromatic heterocycles. The van der Waals surface area contributed by atoms with Crippen LogP contribution < -0.4 is 5.32 Å². The fraction of sp³-hybridized carbons (Fsp3) is 0.273. The van der Waals surface area contributed by atoms with Crippen LogP contribution in [0.25, 0.3) is 0 Å². The van der Waals surface area contributed by atoms with Gasteiger partial charge in [-0.2, -0.15) is 0 Å². The predicted octanol–water partition coefficient (Wildman–Crippen LogP) is 4.50. The van der Waals surface area contributed by atoms with Crippen molar-refractivity contribution in [1.29, 1.82) is 0 Å². The van der Waals surface area contributed by atoms with Crippen LogP contribution in [0.1, 0.15) is 30.6 Å². The molecule has 7 nitrogen and oxygen atoms in total. The normalized spacial score (nSPS) is 17.5. The van der Waals surface area contributed by atoms with Gasteiger partial charge in [0.15, 0.2) is 5.17 Å². The number of hydrogen-bond acceptors (Lipinski definition) is 6. The minimum atomic E-state index is -0.619. The summed E-state index contributed by atoms with van der Waals surface area (Å²) in [6, 6.07) is 13.4. The number of ether oxygens (including phenoxy) is 1. The van der Waals surface area contributed by atoms with Gasteiger partial charge in [0.1, 0.15) is 5.25 Å². The molecule has 0 bridgehead atoms. The van der Waals surface area contributed by atoms with Gasteiger partial charge in [-0.3, -0.25) is 14.5 Å². The molecule has 1 fully saturated rings. The maximum absolute atomic E-state index is 12.7. The van der Waals surface area contributed by atoms with Crippen molar-refractivity contribution in [3.05, 3.63) is 59.1 Å². The molecule has 162 valence electrons. The minimum Gasteiger partial charge on any atom is -0.462 e. The van der Waals surface area contributed by atoms with Crippen molar-refractivity contribution in [3.63, 3.8) is 0 Å². The molecule has 2 amide bonds. The van der Waals surface area contributed by atoms with Crippen molar-refractivity contribution in [2.75, 3.05) is 18.5 Å². The average molecular weight is 460 g/mol. The molecular formula is C22H22ClN3O4S. The molecule has 1 aliphatic heterocycles. The third-order valence-corrected chi connectivity index (χ3v) is 5.87. The van der Waals surface area contributed by atoms with Gasteiger partial charge in [-0.05, 0) is 56.3 Å². The number of nitrogens with zero attached hydrogens (tertiary/aromatic N) is 2. The van der Waals surface area contributed by atoms with Crippen molar-refractivity contribution >= 4 is 57.7 Å². The van der Waals surface area contributed by atoms with Crippen molar-refractivity contribution < 1.29 is 19.1 Å². The Kier molecular flexibility index (Phi) is 7.70. The second-order valence-corrected chi connectivity index (χ2v) is 8.22. The SMILES string of the molecule is CCOC(=O)c1ccc(N=C2S[C@H](C(=O)Nc3cccc(Cl)c3)CC(=O)N2CC)cc1. The summed E-state index contributed by atoms with van der Waals surface area (Å²) in [5.74, 6) is -0.868. The number of thioether (sulfide) groups is 1. The Morgan fingerprint density at radius 1 is 1.23 bits per heavy atom. The lowest BCUT2D eigenvalue weighted by atomic mass is 10.2. The quantitative estimate of drug-likeness (QED) is 0.642. The molecule has 9 heteroatoms. The molecule has 0 radical (unpaired) electrons. The molecule has 3 rings (SSSR count). The van der Waals surface area contributed by atoms with Crippen molar-refractivity contribution in [1.82, 2.24) is 4.90 Å². The highest BCUT2D eigenvalue weighted by Crippen LogP contribution is 2.30. The van der Waals surface area contributed by atoms with Crippen LogP contribution in [0.2, 0.25) is 5.02 Å². The zero-order chi connectivity index (χ0) is 22.4. The number of halogens is 1. The number of hydrogen-bond donors (Lipinski definition) is 1. The van der Waals surface area contributed by atoms with Crippen molar-refractivity contribution in [2.24, 2.45) is 4.99 Å². The highest BCUT2D eigenvalue weighted by atomic mass is 35.5. The smallest absolute Gasteiger partial charge is 0.338 e. The Balaban J connectivity index is 1.78. The first-order valence-corrected chi connectivity index (χ1v) is 11.1. The molecule has 2 aromatic carbocycles. The lowest BCUT2D eigenvalue weighted by Crippen LogP contribution is -2.45. The molecule has 2 aromatic rings. The summed E-state index contributed by atoms with van der Waals surface area (Å²) < 4.78 is 4.98. The zero-order valence-corrected chi connectivity index (χ0v) is 18.7. The van der Waals surface area contributed by atoms with Gasteiger partial charge in [0.25, 0.3) is 0 Å². The van der Waals surface area contributed by atoms with Gasteiger partial charge in [0, 0.05) is 23.7 Å². The number of rotatable bonds is 6. The second-order valence-electron chi connectivity index (χ2n) is 6.61. The van der Waals surface area contributed by atoms with E-state index in [9.17, 15) is 14.4 Å². The maximum atomic E-state index is 12.7. The molecule has 0 spiro atoms. The van der Waals surface area contributed by atoms with Gasteiger partial charge in [0.05, 0.1) is 17.9 Å². The van der Waals surface area contributed by atoms with Crippen LogP contribution in [0, 0.1) is 0 Å². The molecule has 0 aliphatic carbocycles. The number of benzene rings is 2. The van der Waals surface area contributed by atoms with Gasteiger partial charge in [-0.1, -0.05) is 29.4 Å². The number of anilines is 1. The van der Waals surface area contributed by atoms with E-state index >= 15 is 0 Å². The average Bonchev–Trinajstić information content (AvgIpc) is 2.74. The number of aliphatic imine (C=N–C) groups is 1. The standard InChI is InChI=1S/C22H22ClN3O4S/c1-3-26-19(27)13-18(20(28)24-17-7-5-6-15(23)12-17)31-22(26)25-16-10-8-14(9-11-16)21(29)30-4-2/h5-12,18H,3-4,13H2,1-2H3,(H,24,28)/t18-/m0/s1. The van der Waals surface area contributed by atoms with Crippen LogP contribution in [-0.2, 0) is 14.3 Å². The van der Waals surface area contributed by atoms with Crippen LogP contribution >= 0.6 is 23.4 Å². The molecule has 0 unspecified atom stereocenters. The minimum absolute atomic E-state index is 0.0751. The molecule has 1 atom stereocenters. The van der Waals surface area contributed by atoms with E-state index < -0.39 is 11.2 Å². The van der Waals surface area contributed by atoms with Crippen LogP contribution in [0.15, 0.2) is 53.5 Å². The summed E-state index contributed by atoms with van der Waals surface area (Å²) in [7, 11) is 0. The van der Waals surface area contributed by atoms with Crippen LogP contribution in [-0.4, -0.2) is 46.3 Å². The monoisotopic (exact) mass is 459 g/mol. The third-order valence-electron chi connectivity index (χ3n) is 4.44. The van der Waals surface area contributed by atoms with E-state index in [4.69, 9.17) is 16.3 Å². The molecular weight excluding hydrogens is 438 g/mol. The van der Waals surface area contributed by atoms with Crippen molar-refractivity contribution in [3.8, 4) is 0 Å². The number of carbonyl (C=O) groups excluding carboxylic acids is 3. The van der Waals surface area contributed by atoms with E-state index in [0.717, 1.165) is 0 Å². The maximum Gasteiger partial charge on any atom is 0.338 e. The molecule has 31 heavy (non-hydrogen) atoms. The first kappa shape index (κ1) is 22.8. The lowest BCUT2D eigenvalue weighted by Gasteiger charge is -2.30. The van der Waals surface area contributed by atoms with E-state index in [-0.39, 0.29) is 18.2 Å². The summed E-state index contributed by atoms with van der Waals surface area (Å²) in [6.45, 7) is 4.33. The van der Waals surface area contributed by atoms with E-state index in [0.29, 0.717) is 40.3 Å². The summed E-state index contributed by atoms with van der Waals surface area (Å²) >= 11 is 7.20. The lowest BCUT2D eigenvalue weighted by molar-refractivity contribution is -0.129. The molecule has 0 saturated carbocycles. The number of esters is 1. The second kappa shape index (κ2) is 10.5. The van der Waals surface area contributed by atoms with Gasteiger partial charge in [-0.15, -0.1) is 0 Å². The van der Waals surface area contributed by atoms with Gasteiger partial charge < -0.3 is 10.1 Å². The van der Waals surface area contributed by atoms with E-state index in [1.165, 1.54) is 11.8 Å². The number of carbonyl (C=O) groups is 3. The fourth-order valence-corrected chi connectivity index (χ4v) is 4.29. The summed E-state index contributed by atoms with van der Waals surface area (Å²) in [5.41, 5.74) is 1.55. The van der Waals surface area contributed by atoms with Crippen LogP contribution in [0.3, 0.4) is 0 Å². The zero-order valence-electron chi connectivity index (χ0n) is 17.1. The Hall–Kier alpha value is -2.84. The Labute approximate surface area is 189 Å².